The minimum absolute atomic E-state index is 0.0285. The number of thiazole rings is 1. The standard InChI is InChI=1S/C7H8F3N3OS/c1-2-11-13-3-4-15-6(13)12-5(14)7(8,9)10/h3-4,11H,2H2,1H3. The molecule has 1 aromatic rings. The molecule has 0 bridgehead atoms. The largest absolute Gasteiger partial charge is 0.473 e. The Kier molecular flexibility index (Phi) is 3.51. The zero-order valence-corrected chi connectivity index (χ0v) is 8.52. The van der Waals surface area contributed by atoms with Crippen LogP contribution in [0.3, 0.4) is 0 Å². The van der Waals surface area contributed by atoms with Gasteiger partial charge in [-0.1, -0.05) is 0 Å². The molecule has 8 heteroatoms. The minimum Gasteiger partial charge on any atom is -0.324 e. The monoisotopic (exact) mass is 239 g/mol. The van der Waals surface area contributed by atoms with Gasteiger partial charge in [0.25, 0.3) is 0 Å². The maximum atomic E-state index is 11.9. The smallest absolute Gasteiger partial charge is 0.324 e. The fraction of sp³-hybridized carbons (Fsp3) is 0.429. The molecule has 0 spiro atoms. The minimum atomic E-state index is -4.92. The first-order valence-electron chi connectivity index (χ1n) is 4.01. The molecule has 0 atom stereocenters. The van der Waals surface area contributed by atoms with Crippen molar-refractivity contribution in [2.45, 2.75) is 13.1 Å². The molecule has 0 radical (unpaired) electrons. The Bertz CT molecular complexity index is 406. The maximum absolute atomic E-state index is 11.9. The van der Waals surface area contributed by atoms with Crippen molar-refractivity contribution >= 4 is 17.2 Å². The van der Waals surface area contributed by atoms with Gasteiger partial charge in [0, 0.05) is 18.1 Å². The predicted molar refractivity (Wildman–Crippen MR) is 48.8 cm³/mol. The lowest BCUT2D eigenvalue weighted by Crippen LogP contribution is -2.29. The van der Waals surface area contributed by atoms with Gasteiger partial charge in [0.15, 0.2) is 0 Å². The highest BCUT2D eigenvalue weighted by molar-refractivity contribution is 7.07. The van der Waals surface area contributed by atoms with Crippen LogP contribution in [0.1, 0.15) is 6.92 Å². The van der Waals surface area contributed by atoms with Crippen molar-refractivity contribution in [2.24, 2.45) is 4.99 Å². The second-order valence-corrected chi connectivity index (χ2v) is 3.35. The van der Waals surface area contributed by atoms with Crippen molar-refractivity contribution in [3.63, 3.8) is 0 Å². The lowest BCUT2D eigenvalue weighted by atomic mass is 10.6. The molecule has 4 nitrogen and oxygen atoms in total. The third kappa shape index (κ3) is 3.08. The van der Waals surface area contributed by atoms with E-state index < -0.39 is 12.1 Å². The molecule has 1 aromatic heterocycles. The molecular weight excluding hydrogens is 231 g/mol. The fourth-order valence-electron chi connectivity index (χ4n) is 0.794. The number of aromatic nitrogens is 1. The van der Waals surface area contributed by atoms with E-state index in [1.807, 2.05) is 0 Å². The third-order valence-corrected chi connectivity index (χ3v) is 2.11. The van der Waals surface area contributed by atoms with E-state index in [0.717, 1.165) is 11.3 Å². The summed E-state index contributed by atoms with van der Waals surface area (Å²) in [6, 6.07) is 0. The van der Waals surface area contributed by atoms with Crippen LogP contribution in [0.15, 0.2) is 16.6 Å². The Balaban J connectivity index is 3.00. The molecule has 0 aliphatic heterocycles. The Morgan fingerprint density at radius 3 is 2.87 bits per heavy atom. The summed E-state index contributed by atoms with van der Waals surface area (Å²) in [6.07, 6.45) is -3.43. The zero-order valence-electron chi connectivity index (χ0n) is 7.71. The topological polar surface area (TPSA) is 46.4 Å². The first-order valence-corrected chi connectivity index (χ1v) is 4.89. The van der Waals surface area contributed by atoms with E-state index in [1.165, 1.54) is 16.3 Å². The Morgan fingerprint density at radius 2 is 2.33 bits per heavy atom. The molecule has 0 saturated carbocycles. The van der Waals surface area contributed by atoms with Gasteiger partial charge in [0.05, 0.1) is 0 Å². The summed E-state index contributed by atoms with van der Waals surface area (Å²) in [6.45, 7) is 2.30. The van der Waals surface area contributed by atoms with Gasteiger partial charge in [-0.15, -0.1) is 11.3 Å². The van der Waals surface area contributed by atoms with Gasteiger partial charge in [-0.3, -0.25) is 4.79 Å². The number of amides is 1. The summed E-state index contributed by atoms with van der Waals surface area (Å²) >= 11 is 0.947. The van der Waals surface area contributed by atoms with Crippen molar-refractivity contribution in [3.05, 3.63) is 16.4 Å². The summed E-state index contributed by atoms with van der Waals surface area (Å²) in [5, 5.41) is 1.53. The van der Waals surface area contributed by atoms with Crippen LogP contribution in [0.5, 0.6) is 0 Å². The van der Waals surface area contributed by atoms with Crippen LogP contribution >= 0.6 is 11.3 Å². The number of nitrogens with one attached hydrogen (secondary N) is 1. The molecule has 0 fully saturated rings. The zero-order chi connectivity index (χ0) is 11.5. The average molecular weight is 239 g/mol. The molecule has 1 N–H and O–H groups in total. The Labute approximate surface area is 87.0 Å². The van der Waals surface area contributed by atoms with Gasteiger partial charge < -0.3 is 5.43 Å². The van der Waals surface area contributed by atoms with Crippen LogP contribution in [0, 0.1) is 0 Å². The molecule has 0 saturated heterocycles. The second-order valence-electron chi connectivity index (χ2n) is 2.48. The lowest BCUT2D eigenvalue weighted by Gasteiger charge is -2.03. The van der Waals surface area contributed by atoms with E-state index in [9.17, 15) is 18.0 Å². The van der Waals surface area contributed by atoms with Gasteiger partial charge in [-0.2, -0.15) is 18.2 Å². The fourth-order valence-corrected chi connectivity index (χ4v) is 1.47. The van der Waals surface area contributed by atoms with E-state index in [0.29, 0.717) is 6.54 Å². The molecule has 1 amide bonds. The molecule has 0 aliphatic carbocycles. The molecule has 0 aliphatic rings. The van der Waals surface area contributed by atoms with Crippen molar-refractivity contribution in [1.29, 1.82) is 0 Å². The molecule has 0 aromatic carbocycles. The molecule has 15 heavy (non-hydrogen) atoms. The van der Waals surface area contributed by atoms with Crippen molar-refractivity contribution in [2.75, 3.05) is 12.0 Å². The number of carbonyl (C=O) groups is 1. The van der Waals surface area contributed by atoms with Gasteiger partial charge in [-0.05, 0) is 6.92 Å². The summed E-state index contributed by atoms with van der Waals surface area (Å²) < 4.78 is 36.9. The number of carbonyl (C=O) groups excluding carboxylic acids is 1. The molecule has 1 heterocycles. The molecule has 0 unspecified atom stereocenters. The van der Waals surface area contributed by atoms with E-state index in [1.54, 1.807) is 6.92 Å². The first-order chi connectivity index (χ1) is 6.95. The lowest BCUT2D eigenvalue weighted by molar-refractivity contribution is -0.169. The summed E-state index contributed by atoms with van der Waals surface area (Å²) in [7, 11) is 0. The van der Waals surface area contributed by atoms with Gasteiger partial charge in [-0.25, -0.2) is 4.68 Å². The number of alkyl halides is 3. The van der Waals surface area contributed by atoms with Crippen LogP contribution in [0.25, 0.3) is 0 Å². The highest BCUT2D eigenvalue weighted by Gasteiger charge is 2.38. The molecule has 1 rings (SSSR count). The number of rotatable bonds is 2. The summed E-state index contributed by atoms with van der Waals surface area (Å²) in [4.78, 5) is 13.5. The second kappa shape index (κ2) is 4.47. The van der Waals surface area contributed by atoms with Crippen LogP contribution in [0.2, 0.25) is 0 Å². The van der Waals surface area contributed by atoms with E-state index in [-0.39, 0.29) is 4.80 Å². The van der Waals surface area contributed by atoms with Gasteiger partial charge >= 0.3 is 12.1 Å². The Morgan fingerprint density at radius 1 is 1.67 bits per heavy atom. The van der Waals surface area contributed by atoms with Gasteiger partial charge in [0.2, 0.25) is 4.80 Å². The first kappa shape index (κ1) is 11.8. The molecule has 84 valence electrons. The van der Waals surface area contributed by atoms with Crippen molar-refractivity contribution < 1.29 is 18.0 Å². The number of nitrogens with zero attached hydrogens (tertiary/aromatic N) is 2. The normalized spacial score (nSPS) is 12.9. The third-order valence-electron chi connectivity index (χ3n) is 1.36. The highest BCUT2D eigenvalue weighted by atomic mass is 32.1. The number of hydrogen-bond acceptors (Lipinski definition) is 3. The quantitative estimate of drug-likeness (QED) is 0.840. The van der Waals surface area contributed by atoms with Gasteiger partial charge in [0.1, 0.15) is 0 Å². The summed E-state index contributed by atoms with van der Waals surface area (Å²) in [5.41, 5.74) is 2.73. The average Bonchev–Trinajstić information content (AvgIpc) is 2.52. The number of halogens is 3. The highest BCUT2D eigenvalue weighted by Crippen LogP contribution is 2.15. The maximum Gasteiger partial charge on any atom is 0.473 e. The summed E-state index contributed by atoms with van der Waals surface area (Å²) in [5.74, 6) is -2.10. The van der Waals surface area contributed by atoms with Crippen LogP contribution < -0.4 is 10.2 Å². The van der Waals surface area contributed by atoms with E-state index in [2.05, 4.69) is 10.4 Å². The van der Waals surface area contributed by atoms with E-state index in [4.69, 9.17) is 0 Å². The molecular formula is C7H8F3N3OS. The SMILES string of the molecule is CCNn1ccsc1=NC(=O)C(F)(F)F. The van der Waals surface area contributed by atoms with Crippen molar-refractivity contribution in [3.8, 4) is 0 Å². The van der Waals surface area contributed by atoms with Crippen LogP contribution in [-0.2, 0) is 4.79 Å². The van der Waals surface area contributed by atoms with Crippen LogP contribution in [-0.4, -0.2) is 23.3 Å². The number of hydrogen-bond donors (Lipinski definition) is 1. The van der Waals surface area contributed by atoms with Crippen molar-refractivity contribution in [1.82, 2.24) is 4.68 Å². The predicted octanol–water partition coefficient (Wildman–Crippen LogP) is 1.10. The van der Waals surface area contributed by atoms with Crippen LogP contribution in [0.4, 0.5) is 13.2 Å². The van der Waals surface area contributed by atoms with E-state index >= 15 is 0 Å². The Hall–Kier alpha value is -1.31.